The molecule has 1 N–H and O–H groups in total. The molecule has 2 atom stereocenters. The number of hydrogen-bond acceptors (Lipinski definition) is 3. The summed E-state index contributed by atoms with van der Waals surface area (Å²) in [5.41, 5.74) is 1.28. The number of nitrogens with one attached hydrogen (secondary N) is 1. The van der Waals surface area contributed by atoms with Crippen LogP contribution < -0.4 is 10.1 Å². The van der Waals surface area contributed by atoms with E-state index in [1.807, 2.05) is 0 Å². The molecular weight excluding hydrogens is 262 g/mol. The summed E-state index contributed by atoms with van der Waals surface area (Å²) in [4.78, 5) is 0. The van der Waals surface area contributed by atoms with Gasteiger partial charge in [-0.3, -0.25) is 0 Å². The monoisotopic (exact) mass is 291 g/mol. The maximum absolute atomic E-state index is 6.05. The number of rotatable bonds is 8. The summed E-state index contributed by atoms with van der Waals surface area (Å²) in [6, 6.07) is 8.46. The second-order valence-electron chi connectivity index (χ2n) is 5.82. The Morgan fingerprint density at radius 1 is 1.19 bits per heavy atom. The summed E-state index contributed by atoms with van der Waals surface area (Å²) < 4.78 is 11.7. The average Bonchev–Trinajstić information content (AvgIpc) is 2.54. The smallest absolute Gasteiger partial charge is 0.119 e. The lowest BCUT2D eigenvalue weighted by atomic mass is 9.89. The van der Waals surface area contributed by atoms with E-state index in [0.717, 1.165) is 38.5 Å². The van der Waals surface area contributed by atoms with Crippen molar-refractivity contribution in [3.63, 3.8) is 0 Å². The molecule has 2 unspecified atom stereocenters. The second-order valence-corrected chi connectivity index (χ2v) is 5.82. The lowest BCUT2D eigenvalue weighted by Crippen LogP contribution is -2.32. The molecule has 0 aromatic heterocycles. The van der Waals surface area contributed by atoms with Gasteiger partial charge in [-0.1, -0.05) is 26.0 Å². The number of ether oxygens (including phenoxy) is 2. The van der Waals surface area contributed by atoms with Crippen molar-refractivity contribution in [2.45, 2.75) is 45.6 Å². The van der Waals surface area contributed by atoms with Crippen LogP contribution in [0.4, 0.5) is 0 Å². The summed E-state index contributed by atoms with van der Waals surface area (Å²) in [7, 11) is 0. The van der Waals surface area contributed by atoms with Crippen molar-refractivity contribution >= 4 is 0 Å². The summed E-state index contributed by atoms with van der Waals surface area (Å²) in [5, 5.41) is 3.54. The van der Waals surface area contributed by atoms with E-state index in [1.165, 1.54) is 24.8 Å². The van der Waals surface area contributed by atoms with Gasteiger partial charge in [-0.2, -0.15) is 0 Å². The van der Waals surface area contributed by atoms with Gasteiger partial charge in [0.2, 0.25) is 0 Å². The lowest BCUT2D eigenvalue weighted by molar-refractivity contribution is -0.0277. The molecule has 0 bridgehead atoms. The summed E-state index contributed by atoms with van der Waals surface area (Å²) in [5.74, 6) is 1.53. The minimum atomic E-state index is 0.225. The number of hydrogen-bond donors (Lipinski definition) is 1. The second kappa shape index (κ2) is 9.06. The highest BCUT2D eigenvalue weighted by Crippen LogP contribution is 2.33. The van der Waals surface area contributed by atoms with Crippen LogP contribution in [0.2, 0.25) is 0 Å². The van der Waals surface area contributed by atoms with Crippen molar-refractivity contribution in [1.82, 2.24) is 5.32 Å². The minimum Gasteiger partial charge on any atom is -0.494 e. The van der Waals surface area contributed by atoms with E-state index < -0.39 is 0 Å². The average molecular weight is 291 g/mol. The standard InChI is InChI=1S/C18H29NO2/c1-3-11-19-14-16-6-5-13-21-18(16)15-7-9-17(10-8-15)20-12-4-2/h7-10,16,18-19H,3-6,11-14H2,1-2H3. The van der Waals surface area contributed by atoms with Crippen LogP contribution in [0.3, 0.4) is 0 Å². The lowest BCUT2D eigenvalue weighted by Gasteiger charge is -2.32. The van der Waals surface area contributed by atoms with E-state index in [2.05, 4.69) is 43.4 Å². The molecule has 1 aliphatic heterocycles. The van der Waals surface area contributed by atoms with Crippen molar-refractivity contribution in [2.75, 3.05) is 26.3 Å². The Hall–Kier alpha value is -1.06. The first-order valence-electron chi connectivity index (χ1n) is 8.40. The van der Waals surface area contributed by atoms with Crippen molar-refractivity contribution in [2.24, 2.45) is 5.92 Å². The van der Waals surface area contributed by atoms with E-state index in [9.17, 15) is 0 Å². The molecule has 118 valence electrons. The molecule has 1 aliphatic rings. The first kappa shape index (κ1) is 16.3. The summed E-state index contributed by atoms with van der Waals surface area (Å²) in [6.07, 6.45) is 4.87. The zero-order chi connectivity index (χ0) is 14.9. The van der Waals surface area contributed by atoms with Gasteiger partial charge in [0, 0.05) is 19.1 Å². The van der Waals surface area contributed by atoms with Gasteiger partial charge in [-0.15, -0.1) is 0 Å². The normalized spacial score (nSPS) is 22.2. The van der Waals surface area contributed by atoms with Gasteiger partial charge in [0.05, 0.1) is 12.7 Å². The minimum absolute atomic E-state index is 0.225. The fourth-order valence-electron chi connectivity index (χ4n) is 2.86. The summed E-state index contributed by atoms with van der Waals surface area (Å²) >= 11 is 0. The molecular formula is C18H29NO2. The van der Waals surface area contributed by atoms with Crippen LogP contribution in [-0.2, 0) is 4.74 Å². The Bertz CT molecular complexity index is 391. The third kappa shape index (κ3) is 5.01. The molecule has 1 heterocycles. The highest BCUT2D eigenvalue weighted by molar-refractivity contribution is 5.29. The van der Waals surface area contributed by atoms with Gasteiger partial charge >= 0.3 is 0 Å². The zero-order valence-corrected chi connectivity index (χ0v) is 13.4. The van der Waals surface area contributed by atoms with E-state index in [0.29, 0.717) is 5.92 Å². The molecule has 21 heavy (non-hydrogen) atoms. The molecule has 1 fully saturated rings. The summed E-state index contributed by atoms with van der Waals surface area (Å²) in [6.45, 7) is 8.13. The highest BCUT2D eigenvalue weighted by Gasteiger charge is 2.27. The molecule has 1 aromatic rings. The zero-order valence-electron chi connectivity index (χ0n) is 13.4. The molecule has 3 heteroatoms. The topological polar surface area (TPSA) is 30.5 Å². The Morgan fingerprint density at radius 2 is 2.00 bits per heavy atom. The van der Waals surface area contributed by atoms with Gasteiger partial charge in [-0.05, 0) is 49.9 Å². The Labute approximate surface area is 129 Å². The highest BCUT2D eigenvalue weighted by atomic mass is 16.5. The van der Waals surface area contributed by atoms with Gasteiger partial charge < -0.3 is 14.8 Å². The van der Waals surface area contributed by atoms with Crippen molar-refractivity contribution in [3.8, 4) is 5.75 Å². The molecule has 0 spiro atoms. The van der Waals surface area contributed by atoms with Crippen LogP contribution in [0.15, 0.2) is 24.3 Å². The first-order valence-corrected chi connectivity index (χ1v) is 8.40. The van der Waals surface area contributed by atoms with E-state index in [-0.39, 0.29) is 6.10 Å². The SMILES string of the molecule is CCCNCC1CCCOC1c1ccc(OCCC)cc1. The van der Waals surface area contributed by atoms with Gasteiger partial charge in [0.15, 0.2) is 0 Å². The van der Waals surface area contributed by atoms with Crippen molar-refractivity contribution in [3.05, 3.63) is 29.8 Å². The van der Waals surface area contributed by atoms with Crippen LogP contribution in [0.5, 0.6) is 5.75 Å². The Morgan fingerprint density at radius 3 is 2.71 bits per heavy atom. The third-order valence-electron chi connectivity index (χ3n) is 3.96. The van der Waals surface area contributed by atoms with Crippen LogP contribution >= 0.6 is 0 Å². The van der Waals surface area contributed by atoms with E-state index in [1.54, 1.807) is 0 Å². The number of benzene rings is 1. The first-order chi connectivity index (χ1) is 10.3. The molecule has 0 aliphatic carbocycles. The molecule has 1 aromatic carbocycles. The Balaban J connectivity index is 1.96. The fourth-order valence-corrected chi connectivity index (χ4v) is 2.86. The molecule has 3 nitrogen and oxygen atoms in total. The molecule has 0 radical (unpaired) electrons. The van der Waals surface area contributed by atoms with Crippen LogP contribution in [0.25, 0.3) is 0 Å². The Kier molecular flexibility index (Phi) is 7.04. The quantitative estimate of drug-likeness (QED) is 0.736. The maximum Gasteiger partial charge on any atom is 0.119 e. The third-order valence-corrected chi connectivity index (χ3v) is 3.96. The van der Waals surface area contributed by atoms with Gasteiger partial charge in [0.25, 0.3) is 0 Å². The molecule has 1 saturated heterocycles. The van der Waals surface area contributed by atoms with E-state index in [4.69, 9.17) is 9.47 Å². The van der Waals surface area contributed by atoms with Crippen LogP contribution in [0.1, 0.15) is 51.2 Å². The van der Waals surface area contributed by atoms with Crippen LogP contribution in [-0.4, -0.2) is 26.3 Å². The van der Waals surface area contributed by atoms with Crippen molar-refractivity contribution < 1.29 is 9.47 Å². The molecule has 0 saturated carbocycles. The maximum atomic E-state index is 6.05. The molecule has 0 amide bonds. The predicted octanol–water partition coefficient (Wildman–Crippen LogP) is 3.94. The fraction of sp³-hybridized carbons (Fsp3) is 0.667. The van der Waals surface area contributed by atoms with Crippen molar-refractivity contribution in [1.29, 1.82) is 0 Å². The predicted molar refractivity (Wildman–Crippen MR) is 86.8 cm³/mol. The van der Waals surface area contributed by atoms with E-state index >= 15 is 0 Å². The van der Waals surface area contributed by atoms with Gasteiger partial charge in [0.1, 0.15) is 5.75 Å². The van der Waals surface area contributed by atoms with Crippen LogP contribution in [0, 0.1) is 5.92 Å². The van der Waals surface area contributed by atoms with Gasteiger partial charge in [-0.25, -0.2) is 0 Å². The largest absolute Gasteiger partial charge is 0.494 e. The molecule has 2 rings (SSSR count).